The van der Waals surface area contributed by atoms with Gasteiger partial charge in [0.25, 0.3) is 0 Å². The molecular formula is C13H9N5O2. The zero-order chi connectivity index (χ0) is 14.7. The summed E-state index contributed by atoms with van der Waals surface area (Å²) in [6, 6.07) is 9.86. The Morgan fingerprint density at radius 2 is 1.95 bits per heavy atom. The van der Waals surface area contributed by atoms with E-state index in [9.17, 15) is 4.79 Å². The van der Waals surface area contributed by atoms with Gasteiger partial charge in [0.2, 0.25) is 5.95 Å². The van der Waals surface area contributed by atoms with Crippen molar-refractivity contribution in [1.29, 1.82) is 10.5 Å². The molecule has 7 nitrogen and oxygen atoms in total. The molecular weight excluding hydrogens is 258 g/mol. The number of hydrogen-bond donors (Lipinski definition) is 2. The Morgan fingerprint density at radius 3 is 2.45 bits per heavy atom. The lowest BCUT2D eigenvalue weighted by Crippen LogP contribution is -2.07. The van der Waals surface area contributed by atoms with Crippen molar-refractivity contribution in [2.45, 2.75) is 6.54 Å². The predicted molar refractivity (Wildman–Crippen MR) is 68.6 cm³/mol. The van der Waals surface area contributed by atoms with Crippen molar-refractivity contribution in [1.82, 2.24) is 9.55 Å². The number of benzene rings is 1. The van der Waals surface area contributed by atoms with E-state index in [4.69, 9.17) is 21.4 Å². The predicted octanol–water partition coefficient (Wildman–Crippen LogP) is 0.955. The lowest BCUT2D eigenvalue weighted by Gasteiger charge is -2.06. The van der Waals surface area contributed by atoms with E-state index in [2.05, 4.69) is 4.98 Å². The summed E-state index contributed by atoms with van der Waals surface area (Å²) in [5.41, 5.74) is 6.67. The molecule has 0 aliphatic heterocycles. The molecule has 1 heterocycles. The van der Waals surface area contributed by atoms with Crippen molar-refractivity contribution in [2.24, 2.45) is 0 Å². The average molecular weight is 267 g/mol. The third-order valence-electron chi connectivity index (χ3n) is 2.75. The fourth-order valence-electron chi connectivity index (χ4n) is 1.76. The topological polar surface area (TPSA) is 129 Å². The molecule has 0 saturated heterocycles. The van der Waals surface area contributed by atoms with E-state index < -0.39 is 5.97 Å². The maximum Gasteiger partial charge on any atom is 0.335 e. The van der Waals surface area contributed by atoms with Gasteiger partial charge < -0.3 is 10.8 Å². The monoisotopic (exact) mass is 267 g/mol. The number of imidazole rings is 1. The van der Waals surface area contributed by atoms with Crippen LogP contribution in [0.3, 0.4) is 0 Å². The second-order valence-electron chi connectivity index (χ2n) is 3.98. The van der Waals surface area contributed by atoms with Crippen molar-refractivity contribution < 1.29 is 9.90 Å². The van der Waals surface area contributed by atoms with E-state index >= 15 is 0 Å². The van der Waals surface area contributed by atoms with Gasteiger partial charge in [-0.1, -0.05) is 12.1 Å². The number of nitrogen functional groups attached to an aromatic ring is 1. The lowest BCUT2D eigenvalue weighted by atomic mass is 10.1. The molecule has 0 aliphatic rings. The number of carbonyl (C=O) groups is 1. The second kappa shape index (κ2) is 5.12. The fourth-order valence-corrected chi connectivity index (χ4v) is 1.76. The first-order valence-corrected chi connectivity index (χ1v) is 5.55. The van der Waals surface area contributed by atoms with Crippen molar-refractivity contribution in [3.05, 3.63) is 46.8 Å². The lowest BCUT2D eigenvalue weighted by molar-refractivity contribution is 0.0697. The fraction of sp³-hybridized carbons (Fsp3) is 0.0769. The maximum absolute atomic E-state index is 10.8. The summed E-state index contributed by atoms with van der Waals surface area (Å²) in [7, 11) is 0. The molecule has 0 amide bonds. The van der Waals surface area contributed by atoms with E-state index in [1.807, 2.05) is 6.07 Å². The van der Waals surface area contributed by atoms with Gasteiger partial charge >= 0.3 is 5.97 Å². The van der Waals surface area contributed by atoms with Gasteiger partial charge in [0.15, 0.2) is 11.4 Å². The number of nitriles is 2. The molecule has 20 heavy (non-hydrogen) atoms. The van der Waals surface area contributed by atoms with E-state index in [-0.39, 0.29) is 29.4 Å². The van der Waals surface area contributed by atoms with Crippen LogP contribution in [0.4, 0.5) is 5.95 Å². The van der Waals surface area contributed by atoms with Crippen LogP contribution in [0.15, 0.2) is 24.3 Å². The number of aromatic carboxylic acids is 1. The van der Waals surface area contributed by atoms with Crippen molar-refractivity contribution in [3.8, 4) is 12.1 Å². The van der Waals surface area contributed by atoms with Gasteiger partial charge in [-0.25, -0.2) is 9.78 Å². The number of nitrogens with zero attached hydrogens (tertiary/aromatic N) is 4. The summed E-state index contributed by atoms with van der Waals surface area (Å²) in [6.07, 6.45) is 0. The normalized spacial score (nSPS) is 9.70. The number of carboxylic acids is 1. The van der Waals surface area contributed by atoms with E-state index in [0.717, 1.165) is 5.56 Å². The maximum atomic E-state index is 10.8. The number of nitrogens with two attached hydrogens (primary N) is 1. The number of carboxylic acid groups (broad SMARTS) is 1. The van der Waals surface area contributed by atoms with Crippen molar-refractivity contribution >= 4 is 11.9 Å². The van der Waals surface area contributed by atoms with Crippen LogP contribution in [0.25, 0.3) is 0 Å². The Labute approximate surface area is 114 Å². The highest BCUT2D eigenvalue weighted by atomic mass is 16.4. The van der Waals surface area contributed by atoms with Crippen LogP contribution in [-0.4, -0.2) is 20.6 Å². The molecule has 0 spiro atoms. The van der Waals surface area contributed by atoms with E-state index in [1.165, 1.54) is 16.7 Å². The van der Waals surface area contributed by atoms with Crippen LogP contribution in [0.1, 0.15) is 27.3 Å². The molecule has 1 aromatic carbocycles. The van der Waals surface area contributed by atoms with Crippen molar-refractivity contribution in [3.63, 3.8) is 0 Å². The summed E-state index contributed by atoms with van der Waals surface area (Å²) in [4.78, 5) is 14.6. The minimum Gasteiger partial charge on any atom is -0.478 e. The highest BCUT2D eigenvalue weighted by Gasteiger charge is 2.15. The first-order chi connectivity index (χ1) is 9.56. The molecule has 98 valence electrons. The molecule has 7 heteroatoms. The molecule has 0 radical (unpaired) electrons. The van der Waals surface area contributed by atoms with Gasteiger partial charge in [-0.15, -0.1) is 0 Å². The Hall–Kier alpha value is -3.32. The van der Waals surface area contributed by atoms with Gasteiger partial charge in [-0.2, -0.15) is 10.5 Å². The average Bonchev–Trinajstić information content (AvgIpc) is 2.75. The molecule has 1 aromatic heterocycles. The number of hydrogen-bond acceptors (Lipinski definition) is 5. The highest BCUT2D eigenvalue weighted by molar-refractivity contribution is 5.87. The zero-order valence-electron chi connectivity index (χ0n) is 10.2. The molecule has 0 unspecified atom stereocenters. The summed E-state index contributed by atoms with van der Waals surface area (Å²) in [5.74, 6) is -0.941. The Morgan fingerprint density at radius 1 is 1.30 bits per heavy atom. The highest BCUT2D eigenvalue weighted by Crippen LogP contribution is 2.15. The van der Waals surface area contributed by atoms with Crippen LogP contribution in [0.2, 0.25) is 0 Å². The number of rotatable bonds is 3. The van der Waals surface area contributed by atoms with Crippen LogP contribution < -0.4 is 5.73 Å². The number of aromatic nitrogens is 2. The molecule has 0 saturated carbocycles. The number of anilines is 1. The molecule has 0 bridgehead atoms. The molecule has 0 fully saturated rings. The molecule has 2 aromatic rings. The van der Waals surface area contributed by atoms with E-state index in [1.54, 1.807) is 18.2 Å². The summed E-state index contributed by atoms with van der Waals surface area (Å²) < 4.78 is 1.41. The zero-order valence-corrected chi connectivity index (χ0v) is 10.2. The molecule has 0 atom stereocenters. The van der Waals surface area contributed by atoms with Crippen LogP contribution in [-0.2, 0) is 6.54 Å². The van der Waals surface area contributed by atoms with Gasteiger partial charge in [0, 0.05) is 0 Å². The summed E-state index contributed by atoms with van der Waals surface area (Å²) in [6.45, 7) is 0.239. The third kappa shape index (κ3) is 2.28. The minimum absolute atomic E-state index is 0.0212. The smallest absolute Gasteiger partial charge is 0.335 e. The third-order valence-corrected chi connectivity index (χ3v) is 2.75. The quantitative estimate of drug-likeness (QED) is 0.851. The molecule has 2 rings (SSSR count). The van der Waals surface area contributed by atoms with Crippen LogP contribution in [0, 0.1) is 22.7 Å². The van der Waals surface area contributed by atoms with Crippen LogP contribution >= 0.6 is 0 Å². The van der Waals surface area contributed by atoms with Gasteiger partial charge in [0.1, 0.15) is 12.1 Å². The summed E-state index contributed by atoms with van der Waals surface area (Å²) >= 11 is 0. The first kappa shape index (κ1) is 13.1. The van der Waals surface area contributed by atoms with Gasteiger partial charge in [-0.3, -0.25) is 4.57 Å². The molecule has 0 aliphatic carbocycles. The second-order valence-corrected chi connectivity index (χ2v) is 3.98. The van der Waals surface area contributed by atoms with Crippen molar-refractivity contribution in [2.75, 3.05) is 5.73 Å². The minimum atomic E-state index is -1.01. The van der Waals surface area contributed by atoms with E-state index in [0.29, 0.717) is 0 Å². The Balaban J connectivity index is 2.36. The van der Waals surface area contributed by atoms with Crippen LogP contribution in [0.5, 0.6) is 0 Å². The first-order valence-electron chi connectivity index (χ1n) is 5.55. The standard InChI is InChI=1S/C13H9N5O2/c14-5-10-11(6-15)18(13(16)17-10)7-8-1-3-9(4-2-8)12(19)20/h1-4H,7H2,(H2,16,17)(H,19,20). The Bertz CT molecular complexity index is 747. The van der Waals surface area contributed by atoms with Gasteiger partial charge in [-0.05, 0) is 17.7 Å². The van der Waals surface area contributed by atoms with Gasteiger partial charge in [0.05, 0.1) is 12.1 Å². The molecule has 3 N–H and O–H groups in total. The SMILES string of the molecule is N#Cc1nc(N)n(Cc2ccc(C(=O)O)cc2)c1C#N. The summed E-state index contributed by atoms with van der Waals surface area (Å²) in [5, 5.41) is 26.7. The largest absolute Gasteiger partial charge is 0.478 e. The Kier molecular flexibility index (Phi) is 3.36.